The van der Waals surface area contributed by atoms with Crippen LogP contribution in [0.3, 0.4) is 0 Å². The van der Waals surface area contributed by atoms with Gasteiger partial charge in [-0.05, 0) is 36.8 Å². The third kappa shape index (κ3) is 6.34. The maximum Gasteiger partial charge on any atom is 0.347 e. The molecule has 0 aliphatic carbocycles. The number of nitrogens with one attached hydrogen (secondary N) is 1. The van der Waals surface area contributed by atoms with Gasteiger partial charge in [-0.25, -0.2) is 4.79 Å². The van der Waals surface area contributed by atoms with Crippen LogP contribution in [0.15, 0.2) is 40.0 Å². The number of carbonyl (C=O) groups excluding carboxylic acids is 2. The molecule has 0 radical (unpaired) electrons. The van der Waals surface area contributed by atoms with Gasteiger partial charge < -0.3 is 24.2 Å². The molecule has 1 N–H and O–H groups in total. The molecular weight excluding hydrogens is 330 g/mol. The minimum atomic E-state index is -0.724. The summed E-state index contributed by atoms with van der Waals surface area (Å²) < 4.78 is 14.6. The van der Waals surface area contributed by atoms with Crippen LogP contribution in [-0.2, 0) is 19.2 Å². The number of methoxy groups -OCH3 is 1. The Hall–Kier alpha value is -3.36. The van der Waals surface area contributed by atoms with Gasteiger partial charge in [0.25, 0.3) is 5.91 Å². The normalized spacial score (nSPS) is 10.5. The Morgan fingerprint density at radius 1 is 1.28 bits per heavy atom. The van der Waals surface area contributed by atoms with Gasteiger partial charge in [0.15, 0.2) is 12.4 Å². The molecule has 0 aliphatic heterocycles. The zero-order valence-corrected chi connectivity index (χ0v) is 13.7. The topological polar surface area (TPSA) is 112 Å². The molecule has 1 amide bonds. The highest BCUT2D eigenvalue weighted by molar-refractivity contribution is 5.92. The summed E-state index contributed by atoms with van der Waals surface area (Å²) in [4.78, 5) is 27.8. The summed E-state index contributed by atoms with van der Waals surface area (Å²) in [6.45, 7) is 0.811. The van der Waals surface area contributed by atoms with Gasteiger partial charge in [0, 0.05) is 6.07 Å². The Kier molecular flexibility index (Phi) is 6.52. The number of amides is 1. The molecule has 1 aromatic carbocycles. The maximum atomic E-state index is 11.5. The van der Waals surface area contributed by atoms with E-state index in [9.17, 15) is 9.59 Å². The standard InChI is InChI=1S/C16H17N3O6/c1-11-7-14(19-25-11)18-15(20)9-23-16(21)10-24-17-8-12-3-5-13(22-2)6-4-12/h3-8H,9-10H2,1-2H3,(H,18,19,20)/b17-8-. The minimum absolute atomic E-state index is 0.249. The Balaban J connectivity index is 1.64. The smallest absolute Gasteiger partial charge is 0.347 e. The van der Waals surface area contributed by atoms with Crippen molar-refractivity contribution in [1.82, 2.24) is 5.16 Å². The number of aryl methyl sites for hydroxylation is 1. The third-order valence-corrected chi connectivity index (χ3v) is 2.83. The number of esters is 1. The van der Waals surface area contributed by atoms with Crippen molar-refractivity contribution in [2.24, 2.45) is 5.16 Å². The van der Waals surface area contributed by atoms with Gasteiger partial charge in [0.1, 0.15) is 11.5 Å². The monoisotopic (exact) mass is 347 g/mol. The van der Waals surface area contributed by atoms with Gasteiger partial charge >= 0.3 is 5.97 Å². The molecule has 0 bridgehead atoms. The van der Waals surface area contributed by atoms with E-state index >= 15 is 0 Å². The average molecular weight is 347 g/mol. The Bertz CT molecular complexity index is 739. The van der Waals surface area contributed by atoms with Crippen LogP contribution in [0.25, 0.3) is 0 Å². The maximum absolute atomic E-state index is 11.5. The highest BCUT2D eigenvalue weighted by atomic mass is 16.7. The van der Waals surface area contributed by atoms with Crippen molar-refractivity contribution >= 4 is 23.9 Å². The SMILES string of the molecule is COc1ccc(/C=N\OCC(=O)OCC(=O)Nc2cc(C)on2)cc1. The lowest BCUT2D eigenvalue weighted by Gasteiger charge is -2.03. The highest BCUT2D eigenvalue weighted by Crippen LogP contribution is 2.09. The van der Waals surface area contributed by atoms with Gasteiger partial charge in [0.05, 0.1) is 13.3 Å². The fraction of sp³-hybridized carbons (Fsp3) is 0.250. The van der Waals surface area contributed by atoms with Crippen LogP contribution >= 0.6 is 0 Å². The molecule has 132 valence electrons. The van der Waals surface area contributed by atoms with Crippen molar-refractivity contribution in [3.8, 4) is 5.75 Å². The molecule has 0 atom stereocenters. The van der Waals surface area contributed by atoms with Crippen molar-refractivity contribution in [2.45, 2.75) is 6.92 Å². The fourth-order valence-electron chi connectivity index (χ4n) is 1.67. The molecule has 2 rings (SSSR count). The van der Waals surface area contributed by atoms with Gasteiger partial charge in [0.2, 0.25) is 6.61 Å². The molecule has 0 fully saturated rings. The van der Waals surface area contributed by atoms with Crippen LogP contribution in [-0.4, -0.2) is 43.6 Å². The first-order valence-electron chi connectivity index (χ1n) is 7.25. The summed E-state index contributed by atoms with van der Waals surface area (Å²) in [5.74, 6) is 0.261. The molecule has 0 saturated carbocycles. The number of benzene rings is 1. The van der Waals surface area contributed by atoms with Crippen molar-refractivity contribution < 1.29 is 28.4 Å². The molecule has 0 spiro atoms. The molecule has 9 heteroatoms. The third-order valence-electron chi connectivity index (χ3n) is 2.83. The van der Waals surface area contributed by atoms with E-state index < -0.39 is 25.1 Å². The molecule has 9 nitrogen and oxygen atoms in total. The molecule has 0 unspecified atom stereocenters. The quantitative estimate of drug-likeness (QED) is 0.438. The van der Waals surface area contributed by atoms with Crippen LogP contribution < -0.4 is 10.1 Å². The first-order valence-corrected chi connectivity index (χ1v) is 7.25. The summed E-state index contributed by atoms with van der Waals surface area (Å²) in [6.07, 6.45) is 1.44. The van der Waals surface area contributed by atoms with E-state index in [1.54, 1.807) is 38.3 Å². The second-order valence-electron chi connectivity index (χ2n) is 4.81. The van der Waals surface area contributed by atoms with Crippen molar-refractivity contribution in [2.75, 3.05) is 25.6 Å². The number of ether oxygens (including phenoxy) is 2. The zero-order chi connectivity index (χ0) is 18.1. The predicted octanol–water partition coefficient (Wildman–Crippen LogP) is 1.52. The van der Waals surface area contributed by atoms with Crippen molar-refractivity contribution in [1.29, 1.82) is 0 Å². The zero-order valence-electron chi connectivity index (χ0n) is 13.7. The largest absolute Gasteiger partial charge is 0.497 e. The molecule has 1 aromatic heterocycles. The second-order valence-corrected chi connectivity index (χ2v) is 4.81. The molecule has 0 aliphatic rings. The predicted molar refractivity (Wildman–Crippen MR) is 87.4 cm³/mol. The summed E-state index contributed by atoms with van der Waals surface area (Å²) in [5.41, 5.74) is 0.774. The lowest BCUT2D eigenvalue weighted by Crippen LogP contribution is -2.22. The Morgan fingerprint density at radius 3 is 2.68 bits per heavy atom. The van der Waals surface area contributed by atoms with Crippen molar-refractivity contribution in [3.05, 3.63) is 41.7 Å². The average Bonchev–Trinajstić information content (AvgIpc) is 3.02. The number of oxime groups is 1. The van der Waals surface area contributed by atoms with E-state index in [1.807, 2.05) is 0 Å². The highest BCUT2D eigenvalue weighted by Gasteiger charge is 2.10. The number of carbonyl (C=O) groups is 2. The van der Waals surface area contributed by atoms with E-state index in [0.29, 0.717) is 5.76 Å². The van der Waals surface area contributed by atoms with E-state index in [1.165, 1.54) is 12.3 Å². The lowest BCUT2D eigenvalue weighted by molar-refractivity contribution is -0.151. The van der Waals surface area contributed by atoms with Crippen LogP contribution in [0.5, 0.6) is 5.75 Å². The van der Waals surface area contributed by atoms with E-state index in [-0.39, 0.29) is 5.82 Å². The first-order chi connectivity index (χ1) is 12.1. The number of nitrogens with zero attached hydrogens (tertiary/aromatic N) is 2. The van der Waals surface area contributed by atoms with E-state index in [0.717, 1.165) is 11.3 Å². The van der Waals surface area contributed by atoms with Gasteiger partial charge in [-0.2, -0.15) is 0 Å². The van der Waals surface area contributed by atoms with Gasteiger partial charge in [-0.1, -0.05) is 10.3 Å². The molecule has 1 heterocycles. The fourth-order valence-corrected chi connectivity index (χ4v) is 1.67. The van der Waals surface area contributed by atoms with Crippen LogP contribution in [0.1, 0.15) is 11.3 Å². The van der Waals surface area contributed by atoms with Crippen LogP contribution in [0, 0.1) is 6.92 Å². The van der Waals surface area contributed by atoms with E-state index in [4.69, 9.17) is 18.8 Å². The van der Waals surface area contributed by atoms with Crippen molar-refractivity contribution in [3.63, 3.8) is 0 Å². The number of hydrogen-bond acceptors (Lipinski definition) is 8. The minimum Gasteiger partial charge on any atom is -0.497 e. The van der Waals surface area contributed by atoms with Crippen LogP contribution in [0.4, 0.5) is 5.82 Å². The number of anilines is 1. The number of rotatable bonds is 8. The number of aromatic nitrogens is 1. The number of hydrogen-bond donors (Lipinski definition) is 1. The summed E-state index contributed by atoms with van der Waals surface area (Å²) in [6, 6.07) is 8.63. The molecular formula is C16H17N3O6. The van der Waals surface area contributed by atoms with E-state index in [2.05, 4.69) is 15.6 Å². The Morgan fingerprint density at radius 2 is 2.04 bits per heavy atom. The van der Waals surface area contributed by atoms with Gasteiger partial charge in [-0.3, -0.25) is 4.79 Å². The summed E-state index contributed by atoms with van der Waals surface area (Å²) >= 11 is 0. The Labute approximate surface area is 143 Å². The summed E-state index contributed by atoms with van der Waals surface area (Å²) in [7, 11) is 1.57. The molecule has 25 heavy (non-hydrogen) atoms. The van der Waals surface area contributed by atoms with Crippen LogP contribution in [0.2, 0.25) is 0 Å². The first kappa shape index (κ1) is 18.0. The molecule has 0 saturated heterocycles. The lowest BCUT2D eigenvalue weighted by atomic mass is 10.2. The summed E-state index contributed by atoms with van der Waals surface area (Å²) in [5, 5.41) is 9.64. The molecule has 2 aromatic rings. The van der Waals surface area contributed by atoms with Gasteiger partial charge in [-0.15, -0.1) is 0 Å². The second kappa shape index (κ2) is 9.06.